The first-order valence-corrected chi connectivity index (χ1v) is 2.50. The van der Waals surface area contributed by atoms with Gasteiger partial charge >= 0.3 is 37.7 Å². The summed E-state index contributed by atoms with van der Waals surface area (Å²) in [6, 6.07) is 7.93. The van der Waals surface area contributed by atoms with Gasteiger partial charge in [0, 0.05) is 12.1 Å². The second-order valence-corrected chi connectivity index (χ2v) is 1.59. The van der Waals surface area contributed by atoms with Gasteiger partial charge in [-0.15, -0.1) is 0 Å². The first-order chi connectivity index (χ1) is 4.30. The normalized spacial score (nSPS) is 8.00. The molecule has 0 spiro atoms. The molecule has 0 amide bonds. The van der Waals surface area contributed by atoms with E-state index >= 15 is 0 Å². The topological polar surface area (TPSA) is 43.1 Å². The molecule has 10 heavy (non-hydrogen) atoms. The van der Waals surface area contributed by atoms with Gasteiger partial charge in [0.2, 0.25) is 0 Å². The van der Waals surface area contributed by atoms with E-state index in [1.807, 2.05) is 0 Å². The van der Waals surface area contributed by atoms with Gasteiger partial charge in [-0.25, -0.2) is 0 Å². The third kappa shape index (κ3) is 2.64. The maximum absolute atomic E-state index is 10.0. The van der Waals surface area contributed by atoms with E-state index in [4.69, 9.17) is 0 Å². The first kappa shape index (κ1) is 9.88. The molecule has 4 heteroatoms. The summed E-state index contributed by atoms with van der Waals surface area (Å²) in [6.45, 7) is 0. The van der Waals surface area contributed by atoms with Gasteiger partial charge in [-0.2, -0.15) is 0 Å². The van der Waals surface area contributed by atoms with Crippen molar-refractivity contribution < 1.29 is 7.78 Å². The zero-order valence-electron chi connectivity index (χ0n) is 7.36. The van der Waals surface area contributed by atoms with Crippen LogP contribution in [0, 0.1) is 10.1 Å². The van der Waals surface area contributed by atoms with Gasteiger partial charge < -0.3 is 2.85 Å². The molecule has 0 unspecified atom stereocenters. The van der Waals surface area contributed by atoms with Crippen molar-refractivity contribution in [2.24, 2.45) is 0 Å². The van der Waals surface area contributed by atoms with E-state index in [0.29, 0.717) is 0 Å². The Morgan fingerprint density at radius 1 is 1.30 bits per heavy atom. The predicted molar refractivity (Wildman–Crippen MR) is 41.1 cm³/mol. The van der Waals surface area contributed by atoms with Crippen LogP contribution in [0.2, 0.25) is 0 Å². The summed E-state index contributed by atoms with van der Waals surface area (Å²) in [4.78, 5) is 9.59. The maximum atomic E-state index is 10.0. The summed E-state index contributed by atoms with van der Waals surface area (Å²) in [5.41, 5.74) is 0.137. The Morgan fingerprint density at radius 3 is 2.10 bits per heavy atom. The monoisotopic (exact) mass is 165 g/mol. The van der Waals surface area contributed by atoms with Crippen LogP contribution in [0.5, 0.6) is 0 Å². The molecule has 0 N–H and O–H groups in total. The fourth-order valence-corrected chi connectivity index (χ4v) is 0.550. The van der Waals surface area contributed by atoms with Crippen LogP contribution in [0.15, 0.2) is 30.3 Å². The maximum Gasteiger partial charge on any atom is 2.00 e. The molecular weight excluding hydrogens is 158 g/mol. The first-order valence-electron chi connectivity index (χ1n) is 2.50. The van der Waals surface area contributed by atoms with Crippen LogP contribution in [0.1, 0.15) is 2.85 Å². The Bertz CT molecular complexity index is 220. The minimum absolute atomic E-state index is 0. The Kier molecular flexibility index (Phi) is 4.60. The van der Waals surface area contributed by atoms with E-state index in [0.717, 1.165) is 0 Å². The van der Waals surface area contributed by atoms with Gasteiger partial charge in [-0.05, 0) is 0 Å². The number of benzene rings is 1. The molecule has 0 radical (unpaired) electrons. The zero-order valence-corrected chi connectivity index (χ0v) is 7.57. The summed E-state index contributed by atoms with van der Waals surface area (Å²) in [5.74, 6) is 0. The van der Waals surface area contributed by atoms with E-state index in [2.05, 4.69) is 0 Å². The Morgan fingerprint density at radius 2 is 1.80 bits per heavy atom. The van der Waals surface area contributed by atoms with E-state index < -0.39 is 4.92 Å². The van der Waals surface area contributed by atoms with Crippen molar-refractivity contribution in [2.75, 3.05) is 0 Å². The fourth-order valence-electron chi connectivity index (χ4n) is 0.550. The molecule has 0 aromatic heterocycles. The standard InChI is InChI=1S/C6H5NO2.Ca.2H/c8-7(9)6-4-2-1-3-5-6;;;/h1-5H;;;/q;+2;2*-1. The summed E-state index contributed by atoms with van der Waals surface area (Å²) in [6.07, 6.45) is 0. The van der Waals surface area contributed by atoms with Crippen molar-refractivity contribution in [2.45, 2.75) is 0 Å². The Balaban J connectivity index is -0.000000270. The second-order valence-electron chi connectivity index (χ2n) is 1.59. The van der Waals surface area contributed by atoms with Gasteiger partial charge in [0.25, 0.3) is 5.69 Å². The van der Waals surface area contributed by atoms with E-state index in [9.17, 15) is 10.1 Å². The molecule has 1 aromatic carbocycles. The quantitative estimate of drug-likeness (QED) is 0.359. The van der Waals surface area contributed by atoms with Crippen LogP contribution in [0.3, 0.4) is 0 Å². The van der Waals surface area contributed by atoms with Crippen molar-refractivity contribution in [3.8, 4) is 0 Å². The molecule has 50 valence electrons. The summed E-state index contributed by atoms with van der Waals surface area (Å²) >= 11 is 0. The van der Waals surface area contributed by atoms with Crippen LogP contribution in [0.25, 0.3) is 0 Å². The molecule has 1 rings (SSSR count). The molecule has 0 heterocycles. The van der Waals surface area contributed by atoms with Crippen molar-refractivity contribution in [3.63, 3.8) is 0 Å². The van der Waals surface area contributed by atoms with Crippen LogP contribution in [-0.4, -0.2) is 42.7 Å². The van der Waals surface area contributed by atoms with Crippen molar-refractivity contribution >= 4 is 43.4 Å². The molecular formula is C6H7CaNO2. The predicted octanol–water partition coefficient (Wildman–Crippen LogP) is 1.44. The number of rotatable bonds is 1. The smallest absolute Gasteiger partial charge is 1.00 e. The number of non-ortho nitro benzene ring substituents is 1. The largest absolute Gasteiger partial charge is 2.00 e. The van der Waals surface area contributed by atoms with Crippen LogP contribution < -0.4 is 0 Å². The molecule has 0 aliphatic rings. The minimum Gasteiger partial charge on any atom is -1.00 e. The summed E-state index contributed by atoms with van der Waals surface area (Å²) in [7, 11) is 0. The van der Waals surface area contributed by atoms with Gasteiger partial charge in [0.15, 0.2) is 0 Å². The number of nitro groups is 1. The fraction of sp³-hybridized carbons (Fsp3) is 0. The zero-order chi connectivity index (χ0) is 6.69. The van der Waals surface area contributed by atoms with Gasteiger partial charge in [-0.1, -0.05) is 18.2 Å². The van der Waals surface area contributed by atoms with E-state index in [1.165, 1.54) is 12.1 Å². The van der Waals surface area contributed by atoms with Gasteiger partial charge in [0.05, 0.1) is 4.92 Å². The molecule has 3 nitrogen and oxygen atoms in total. The van der Waals surface area contributed by atoms with Gasteiger partial charge in [0.1, 0.15) is 0 Å². The molecule has 0 saturated heterocycles. The van der Waals surface area contributed by atoms with E-state index in [1.54, 1.807) is 18.2 Å². The Labute approximate surface area is 91.2 Å². The number of hydrogen-bond acceptors (Lipinski definition) is 2. The third-order valence-corrected chi connectivity index (χ3v) is 0.967. The third-order valence-electron chi connectivity index (χ3n) is 0.967. The molecule has 0 saturated carbocycles. The average molecular weight is 165 g/mol. The SMILES string of the molecule is O=[N+]([O-])c1ccccc1.[Ca+2].[H-].[H-]. The number of hydrogen-bond donors (Lipinski definition) is 0. The molecule has 0 bridgehead atoms. The number of nitro benzene ring substituents is 1. The summed E-state index contributed by atoms with van der Waals surface area (Å²) < 4.78 is 0. The van der Waals surface area contributed by atoms with Crippen molar-refractivity contribution in [3.05, 3.63) is 40.4 Å². The summed E-state index contributed by atoms with van der Waals surface area (Å²) in [5, 5.41) is 10.0. The molecule has 0 aliphatic carbocycles. The molecule has 1 aromatic rings. The Hall–Kier alpha value is -0.120. The van der Waals surface area contributed by atoms with Crippen molar-refractivity contribution in [1.82, 2.24) is 0 Å². The van der Waals surface area contributed by atoms with E-state index in [-0.39, 0.29) is 46.3 Å². The molecule has 0 atom stereocenters. The number of nitrogens with zero attached hydrogens (tertiary/aromatic N) is 1. The van der Waals surface area contributed by atoms with Crippen LogP contribution >= 0.6 is 0 Å². The molecule has 0 fully saturated rings. The minimum atomic E-state index is -0.417. The van der Waals surface area contributed by atoms with Crippen LogP contribution in [-0.2, 0) is 0 Å². The molecule has 0 aliphatic heterocycles. The van der Waals surface area contributed by atoms with Gasteiger partial charge in [-0.3, -0.25) is 10.1 Å². The average Bonchev–Trinajstić information content (AvgIpc) is 1.90. The second kappa shape index (κ2) is 4.66. The van der Waals surface area contributed by atoms with Crippen LogP contribution in [0.4, 0.5) is 5.69 Å². The number of para-hydroxylation sites is 1. The van der Waals surface area contributed by atoms with Crippen molar-refractivity contribution in [1.29, 1.82) is 0 Å².